The van der Waals surface area contributed by atoms with E-state index in [9.17, 15) is 0 Å². The van der Waals surface area contributed by atoms with E-state index in [4.69, 9.17) is 5.73 Å². The monoisotopic (exact) mass is 153 g/mol. The van der Waals surface area contributed by atoms with Crippen molar-refractivity contribution in [3.05, 3.63) is 5.82 Å². The van der Waals surface area contributed by atoms with E-state index in [1.165, 1.54) is 12.8 Å². The molecule has 0 bridgehead atoms. The van der Waals surface area contributed by atoms with Crippen molar-refractivity contribution < 1.29 is 0 Å². The van der Waals surface area contributed by atoms with Crippen LogP contribution in [0.25, 0.3) is 0 Å². The van der Waals surface area contributed by atoms with Gasteiger partial charge in [0, 0.05) is 6.54 Å². The summed E-state index contributed by atoms with van der Waals surface area (Å²) in [6.07, 6.45) is 2.62. The predicted octanol–water partition coefficient (Wildman–Crippen LogP) is -0.458. The first-order valence-electron chi connectivity index (χ1n) is 3.85. The molecule has 1 aliphatic carbocycles. The van der Waals surface area contributed by atoms with Crippen molar-refractivity contribution in [2.75, 3.05) is 0 Å². The standard InChI is InChI=1S/C6H11N5/c7-3-6-8-9-10-11(6)4-5-1-2-5/h5H,1-4,7H2. The Kier molecular flexibility index (Phi) is 1.58. The summed E-state index contributed by atoms with van der Waals surface area (Å²) < 4.78 is 1.80. The highest BCUT2D eigenvalue weighted by Crippen LogP contribution is 2.30. The van der Waals surface area contributed by atoms with Crippen molar-refractivity contribution in [1.82, 2.24) is 20.2 Å². The lowest BCUT2D eigenvalue weighted by atomic mass is 10.4. The molecular weight excluding hydrogens is 142 g/mol. The first-order valence-corrected chi connectivity index (χ1v) is 3.85. The molecule has 2 rings (SSSR count). The predicted molar refractivity (Wildman–Crippen MR) is 38.4 cm³/mol. The fourth-order valence-corrected chi connectivity index (χ4v) is 1.06. The van der Waals surface area contributed by atoms with E-state index in [2.05, 4.69) is 15.5 Å². The van der Waals surface area contributed by atoms with E-state index < -0.39 is 0 Å². The summed E-state index contributed by atoms with van der Waals surface area (Å²) in [5.74, 6) is 1.58. The van der Waals surface area contributed by atoms with Gasteiger partial charge in [0.15, 0.2) is 5.82 Å². The average Bonchev–Trinajstić information content (AvgIpc) is 2.68. The summed E-state index contributed by atoms with van der Waals surface area (Å²) in [7, 11) is 0. The summed E-state index contributed by atoms with van der Waals surface area (Å²) in [5.41, 5.74) is 5.43. The lowest BCUT2D eigenvalue weighted by Crippen LogP contribution is -2.10. The van der Waals surface area contributed by atoms with E-state index in [0.29, 0.717) is 6.54 Å². The van der Waals surface area contributed by atoms with Crippen LogP contribution in [0.1, 0.15) is 18.7 Å². The van der Waals surface area contributed by atoms with Gasteiger partial charge in [-0.25, -0.2) is 4.68 Å². The summed E-state index contributed by atoms with van der Waals surface area (Å²) >= 11 is 0. The van der Waals surface area contributed by atoms with E-state index in [1.54, 1.807) is 4.68 Å². The van der Waals surface area contributed by atoms with Crippen LogP contribution in [0.3, 0.4) is 0 Å². The van der Waals surface area contributed by atoms with Crippen molar-refractivity contribution in [2.24, 2.45) is 11.7 Å². The molecule has 0 radical (unpaired) electrons. The Hall–Kier alpha value is -0.970. The normalized spacial score (nSPS) is 17.2. The summed E-state index contributed by atoms with van der Waals surface area (Å²) in [6, 6.07) is 0. The van der Waals surface area contributed by atoms with Gasteiger partial charge >= 0.3 is 0 Å². The van der Waals surface area contributed by atoms with Crippen LogP contribution in [-0.4, -0.2) is 20.2 Å². The largest absolute Gasteiger partial charge is 0.324 e. The number of tetrazole rings is 1. The molecule has 0 aliphatic heterocycles. The Morgan fingerprint density at radius 3 is 3.00 bits per heavy atom. The lowest BCUT2D eigenvalue weighted by molar-refractivity contribution is 0.524. The third-order valence-electron chi connectivity index (χ3n) is 1.92. The minimum absolute atomic E-state index is 0.430. The third-order valence-corrected chi connectivity index (χ3v) is 1.92. The average molecular weight is 153 g/mol. The van der Waals surface area contributed by atoms with Gasteiger partial charge in [0.05, 0.1) is 6.54 Å². The van der Waals surface area contributed by atoms with Gasteiger partial charge in [-0.15, -0.1) is 5.10 Å². The van der Waals surface area contributed by atoms with Crippen molar-refractivity contribution in [2.45, 2.75) is 25.9 Å². The Labute approximate surface area is 64.6 Å². The number of hydrogen-bond acceptors (Lipinski definition) is 4. The molecular formula is C6H11N5. The number of nitrogens with zero attached hydrogens (tertiary/aromatic N) is 4. The van der Waals surface area contributed by atoms with Gasteiger partial charge in [0.1, 0.15) is 0 Å². The first-order chi connectivity index (χ1) is 5.40. The molecule has 0 amide bonds. The summed E-state index contributed by atoms with van der Waals surface area (Å²) in [4.78, 5) is 0. The highest BCUT2D eigenvalue weighted by Gasteiger charge is 2.23. The van der Waals surface area contributed by atoms with Gasteiger partial charge in [-0.2, -0.15) is 0 Å². The second-order valence-corrected chi connectivity index (χ2v) is 2.92. The van der Waals surface area contributed by atoms with Crippen LogP contribution in [0, 0.1) is 5.92 Å². The van der Waals surface area contributed by atoms with E-state index in [-0.39, 0.29) is 0 Å². The van der Waals surface area contributed by atoms with Crippen LogP contribution in [0.4, 0.5) is 0 Å². The molecule has 5 heteroatoms. The van der Waals surface area contributed by atoms with E-state index in [1.807, 2.05) is 0 Å². The van der Waals surface area contributed by atoms with Crippen LogP contribution in [0.2, 0.25) is 0 Å². The molecule has 1 aromatic heterocycles. The third kappa shape index (κ3) is 1.37. The molecule has 1 heterocycles. The molecule has 0 unspecified atom stereocenters. The molecule has 11 heavy (non-hydrogen) atoms. The van der Waals surface area contributed by atoms with Gasteiger partial charge in [-0.05, 0) is 29.2 Å². The van der Waals surface area contributed by atoms with Gasteiger partial charge in [-0.3, -0.25) is 0 Å². The fourth-order valence-electron chi connectivity index (χ4n) is 1.06. The Morgan fingerprint density at radius 1 is 1.55 bits per heavy atom. The molecule has 1 aromatic rings. The summed E-state index contributed by atoms with van der Waals surface area (Å²) in [6.45, 7) is 1.37. The van der Waals surface area contributed by atoms with Crippen molar-refractivity contribution >= 4 is 0 Å². The van der Waals surface area contributed by atoms with E-state index >= 15 is 0 Å². The minimum Gasteiger partial charge on any atom is -0.324 e. The summed E-state index contributed by atoms with van der Waals surface area (Å²) in [5, 5.41) is 11.2. The van der Waals surface area contributed by atoms with Gasteiger partial charge in [0.25, 0.3) is 0 Å². The van der Waals surface area contributed by atoms with E-state index in [0.717, 1.165) is 18.3 Å². The Balaban J connectivity index is 2.07. The van der Waals surface area contributed by atoms with Crippen LogP contribution in [-0.2, 0) is 13.1 Å². The van der Waals surface area contributed by atoms with Crippen LogP contribution in [0.15, 0.2) is 0 Å². The fraction of sp³-hybridized carbons (Fsp3) is 0.833. The highest BCUT2D eigenvalue weighted by atomic mass is 15.5. The van der Waals surface area contributed by atoms with Crippen LogP contribution in [0.5, 0.6) is 0 Å². The quantitative estimate of drug-likeness (QED) is 0.638. The second kappa shape index (κ2) is 2.58. The molecule has 5 nitrogen and oxygen atoms in total. The number of rotatable bonds is 3. The molecule has 0 atom stereocenters. The second-order valence-electron chi connectivity index (χ2n) is 2.92. The molecule has 1 fully saturated rings. The smallest absolute Gasteiger partial charge is 0.164 e. The molecule has 60 valence electrons. The number of hydrogen-bond donors (Lipinski definition) is 1. The van der Waals surface area contributed by atoms with Gasteiger partial charge < -0.3 is 5.73 Å². The molecule has 1 saturated carbocycles. The van der Waals surface area contributed by atoms with Gasteiger partial charge in [0.2, 0.25) is 0 Å². The van der Waals surface area contributed by atoms with Crippen molar-refractivity contribution in [1.29, 1.82) is 0 Å². The molecule has 0 saturated heterocycles. The molecule has 0 spiro atoms. The first kappa shape index (κ1) is 6.72. The zero-order chi connectivity index (χ0) is 7.68. The minimum atomic E-state index is 0.430. The zero-order valence-electron chi connectivity index (χ0n) is 6.27. The maximum atomic E-state index is 5.43. The molecule has 0 aromatic carbocycles. The maximum Gasteiger partial charge on any atom is 0.164 e. The molecule has 1 aliphatic rings. The van der Waals surface area contributed by atoms with Crippen LogP contribution < -0.4 is 5.73 Å². The zero-order valence-corrected chi connectivity index (χ0v) is 6.27. The number of aromatic nitrogens is 4. The number of nitrogens with two attached hydrogens (primary N) is 1. The highest BCUT2D eigenvalue weighted by molar-refractivity contribution is 4.82. The van der Waals surface area contributed by atoms with Crippen LogP contribution >= 0.6 is 0 Å². The topological polar surface area (TPSA) is 69.6 Å². The van der Waals surface area contributed by atoms with Gasteiger partial charge in [-0.1, -0.05) is 0 Å². The Morgan fingerprint density at radius 2 is 2.36 bits per heavy atom. The SMILES string of the molecule is NCc1nnnn1CC1CC1. The van der Waals surface area contributed by atoms with Crippen molar-refractivity contribution in [3.63, 3.8) is 0 Å². The lowest BCUT2D eigenvalue weighted by Gasteiger charge is -1.98. The Bertz CT molecular complexity index is 239. The maximum absolute atomic E-state index is 5.43. The molecule has 2 N–H and O–H groups in total. The van der Waals surface area contributed by atoms with Crippen molar-refractivity contribution in [3.8, 4) is 0 Å².